The number of rotatable bonds is 4. The van der Waals surface area contributed by atoms with Crippen molar-refractivity contribution in [3.8, 4) is 22.3 Å². The maximum absolute atomic E-state index is 5.15. The highest BCUT2D eigenvalue weighted by Gasteiger charge is 2.34. The first-order valence-corrected chi connectivity index (χ1v) is 15.7. The molecule has 0 amide bonds. The number of hydrogen-bond donors (Lipinski definition) is 0. The van der Waals surface area contributed by atoms with Crippen LogP contribution in [-0.4, -0.2) is 36.2 Å². The third kappa shape index (κ3) is 4.73. The Morgan fingerprint density at radius 3 is 2.28 bits per heavy atom. The van der Waals surface area contributed by atoms with Crippen LogP contribution in [0.2, 0.25) is 0 Å². The minimum atomic E-state index is -0.405. The molecule has 222 valence electrons. The molecule has 47 heavy (non-hydrogen) atoms. The Kier molecular flexibility index (Phi) is 6.21. The summed E-state index contributed by atoms with van der Waals surface area (Å²) >= 11 is 0. The zero-order valence-corrected chi connectivity index (χ0v) is 25.7. The fraction of sp³-hybridized carbons (Fsp3) is 0.0732. The monoisotopic (exact) mass is 604 g/mol. The lowest BCUT2D eigenvalue weighted by Crippen LogP contribution is -2.31. The Hall–Kier alpha value is -6.14. The van der Waals surface area contributed by atoms with E-state index in [9.17, 15) is 0 Å². The molecule has 9 rings (SSSR count). The van der Waals surface area contributed by atoms with Crippen molar-refractivity contribution in [3.63, 3.8) is 0 Å². The number of dihydropyridines is 1. The maximum Gasteiger partial charge on any atom is 0.177 e. The molecule has 0 fully saturated rings. The number of aliphatic imine (C=N–C) groups is 1. The normalized spacial score (nSPS) is 17.3. The average Bonchev–Trinajstić information content (AvgIpc) is 3.13. The summed E-state index contributed by atoms with van der Waals surface area (Å²) in [5.74, 6) is 0.643. The fourth-order valence-electron chi connectivity index (χ4n) is 6.77. The van der Waals surface area contributed by atoms with Crippen LogP contribution in [0.1, 0.15) is 24.9 Å². The topological polar surface area (TPSA) is 76.8 Å². The van der Waals surface area contributed by atoms with Gasteiger partial charge in [-0.1, -0.05) is 78.9 Å². The number of allylic oxidation sites excluding steroid dienone is 3. The van der Waals surface area contributed by atoms with E-state index in [4.69, 9.17) is 9.98 Å². The van der Waals surface area contributed by atoms with E-state index in [1.54, 1.807) is 12.4 Å². The third-order valence-electron chi connectivity index (χ3n) is 9.24. The van der Waals surface area contributed by atoms with E-state index < -0.39 is 5.54 Å². The Labute approximate surface area is 271 Å². The zero-order valence-electron chi connectivity index (χ0n) is 25.7. The van der Waals surface area contributed by atoms with Gasteiger partial charge in [-0.2, -0.15) is 0 Å². The number of aromatic nitrogens is 5. The smallest absolute Gasteiger partial charge is 0.177 e. The van der Waals surface area contributed by atoms with Crippen LogP contribution in [0, 0.1) is 0 Å². The highest BCUT2D eigenvalue weighted by molar-refractivity contribution is 6.08. The number of fused-ring (bicyclic) bond motifs is 5. The second kappa shape index (κ2) is 10.7. The minimum Gasteiger partial charge on any atom is -0.270 e. The first-order valence-electron chi connectivity index (χ1n) is 15.7. The number of benzene rings is 3. The molecule has 1 aliphatic carbocycles. The van der Waals surface area contributed by atoms with Crippen LogP contribution in [0.4, 0.5) is 0 Å². The van der Waals surface area contributed by atoms with Crippen LogP contribution in [0.5, 0.6) is 0 Å². The van der Waals surface area contributed by atoms with Gasteiger partial charge in [-0.15, -0.1) is 0 Å². The summed E-state index contributed by atoms with van der Waals surface area (Å²) < 4.78 is 0. The molecule has 0 N–H and O–H groups in total. The highest BCUT2D eigenvalue weighted by Crippen LogP contribution is 2.40. The summed E-state index contributed by atoms with van der Waals surface area (Å²) in [7, 11) is 0. The number of nitrogens with zero attached hydrogens (tertiary/aromatic N) is 6. The van der Waals surface area contributed by atoms with E-state index in [2.05, 4.69) is 124 Å². The molecule has 6 nitrogen and oxygen atoms in total. The lowest BCUT2D eigenvalue weighted by atomic mass is 9.79. The van der Waals surface area contributed by atoms with E-state index in [-0.39, 0.29) is 0 Å². The number of pyridine rings is 3. The predicted octanol–water partition coefficient (Wildman–Crippen LogP) is 8.99. The van der Waals surface area contributed by atoms with Gasteiger partial charge in [0.25, 0.3) is 0 Å². The maximum atomic E-state index is 5.15. The van der Waals surface area contributed by atoms with Crippen LogP contribution in [0.15, 0.2) is 151 Å². The standard InChI is InChI=1S/C41H28N6/c1-41-25-31(11-14-32(41)15-18-36(47-41)40-44-21-3-22-45-40)35-17-13-28-9-10-30(24-37(28)46-35)26-5-7-27(8-6-26)33-19-23-43-39-34(33)16-12-29-4-2-20-42-38(29)39/h2-24H,25H2,1H3. The van der Waals surface area contributed by atoms with Crippen molar-refractivity contribution in [3.05, 3.63) is 157 Å². The molecule has 5 heterocycles. The average molecular weight is 605 g/mol. The van der Waals surface area contributed by atoms with Gasteiger partial charge in [-0.3, -0.25) is 15.0 Å². The molecular formula is C41H28N6. The van der Waals surface area contributed by atoms with E-state index in [1.807, 2.05) is 30.6 Å². The Morgan fingerprint density at radius 2 is 1.38 bits per heavy atom. The van der Waals surface area contributed by atoms with Crippen molar-refractivity contribution in [2.45, 2.75) is 18.9 Å². The van der Waals surface area contributed by atoms with Gasteiger partial charge in [0, 0.05) is 47.4 Å². The van der Waals surface area contributed by atoms with Gasteiger partial charge in [-0.25, -0.2) is 15.0 Å². The fourth-order valence-corrected chi connectivity index (χ4v) is 6.77. The minimum absolute atomic E-state index is 0.405. The molecule has 1 atom stereocenters. The SMILES string of the molecule is CC12CC(c3ccc4ccc(-c5ccc(-c6ccnc7c6ccc6cccnc67)cc5)cc4n3)=CC=C1C=CC(c1ncccn1)=N2. The lowest BCUT2D eigenvalue weighted by Gasteiger charge is -2.33. The first-order chi connectivity index (χ1) is 23.1. The highest BCUT2D eigenvalue weighted by atomic mass is 14.9. The molecule has 7 aromatic rings. The van der Waals surface area contributed by atoms with Gasteiger partial charge in [-0.05, 0) is 76.7 Å². The molecule has 0 saturated heterocycles. The van der Waals surface area contributed by atoms with Crippen LogP contribution >= 0.6 is 0 Å². The second-order valence-electron chi connectivity index (χ2n) is 12.2. The predicted molar refractivity (Wildman–Crippen MR) is 190 cm³/mol. The molecule has 4 aromatic heterocycles. The summed E-state index contributed by atoms with van der Waals surface area (Å²) in [6.07, 6.45) is 16.4. The molecule has 0 bridgehead atoms. The molecule has 1 unspecified atom stereocenters. The molecule has 1 aliphatic heterocycles. The van der Waals surface area contributed by atoms with Crippen LogP contribution < -0.4 is 0 Å². The van der Waals surface area contributed by atoms with Gasteiger partial charge in [0.05, 0.1) is 27.8 Å². The van der Waals surface area contributed by atoms with E-state index in [0.29, 0.717) is 5.82 Å². The van der Waals surface area contributed by atoms with Crippen LogP contribution in [-0.2, 0) is 0 Å². The van der Waals surface area contributed by atoms with Gasteiger partial charge < -0.3 is 0 Å². The van der Waals surface area contributed by atoms with Gasteiger partial charge in [0.2, 0.25) is 0 Å². The second-order valence-corrected chi connectivity index (χ2v) is 12.2. The molecular weight excluding hydrogens is 576 g/mol. The van der Waals surface area contributed by atoms with Crippen molar-refractivity contribution in [1.82, 2.24) is 24.9 Å². The third-order valence-corrected chi connectivity index (χ3v) is 9.24. The van der Waals surface area contributed by atoms with Crippen molar-refractivity contribution in [2.24, 2.45) is 4.99 Å². The Morgan fingerprint density at radius 1 is 0.617 bits per heavy atom. The lowest BCUT2D eigenvalue weighted by molar-refractivity contribution is 0.572. The summed E-state index contributed by atoms with van der Waals surface area (Å²) in [4.78, 5) is 28.4. The van der Waals surface area contributed by atoms with E-state index >= 15 is 0 Å². The van der Waals surface area contributed by atoms with E-state index in [1.165, 1.54) is 5.57 Å². The Balaban J connectivity index is 1.02. The van der Waals surface area contributed by atoms with Crippen molar-refractivity contribution in [1.29, 1.82) is 0 Å². The molecule has 0 saturated carbocycles. The molecule has 3 aromatic carbocycles. The quantitative estimate of drug-likeness (QED) is 0.187. The largest absolute Gasteiger partial charge is 0.270 e. The number of hydrogen-bond acceptors (Lipinski definition) is 6. The Bertz CT molecular complexity index is 2490. The molecule has 6 heteroatoms. The van der Waals surface area contributed by atoms with Gasteiger partial charge in [0.1, 0.15) is 5.71 Å². The van der Waals surface area contributed by atoms with Crippen molar-refractivity contribution >= 4 is 44.0 Å². The first kappa shape index (κ1) is 27.2. The summed E-state index contributed by atoms with van der Waals surface area (Å²) in [5.41, 5.74) is 11.1. The summed E-state index contributed by atoms with van der Waals surface area (Å²) in [6.45, 7) is 2.18. The van der Waals surface area contributed by atoms with Crippen molar-refractivity contribution < 1.29 is 0 Å². The van der Waals surface area contributed by atoms with Crippen LogP contribution in [0.3, 0.4) is 0 Å². The summed E-state index contributed by atoms with van der Waals surface area (Å²) in [5, 5.41) is 3.30. The van der Waals surface area contributed by atoms with Gasteiger partial charge >= 0.3 is 0 Å². The molecule has 2 aliphatic rings. The molecule has 0 radical (unpaired) electrons. The zero-order chi connectivity index (χ0) is 31.4. The van der Waals surface area contributed by atoms with Crippen LogP contribution in [0.25, 0.3) is 60.5 Å². The van der Waals surface area contributed by atoms with Gasteiger partial charge in [0.15, 0.2) is 5.82 Å². The van der Waals surface area contributed by atoms with E-state index in [0.717, 1.165) is 78.4 Å². The summed E-state index contributed by atoms with van der Waals surface area (Å²) in [6, 6.07) is 31.7. The molecule has 0 spiro atoms. The van der Waals surface area contributed by atoms with Crippen molar-refractivity contribution in [2.75, 3.05) is 0 Å².